The second-order valence-electron chi connectivity index (χ2n) is 6.87. The molecule has 2 rings (SSSR count). The van der Waals surface area contributed by atoms with Crippen molar-refractivity contribution in [3.8, 4) is 0 Å². The van der Waals surface area contributed by atoms with Crippen molar-refractivity contribution < 1.29 is 0 Å². The van der Waals surface area contributed by atoms with Crippen LogP contribution in [-0.2, 0) is 0 Å². The summed E-state index contributed by atoms with van der Waals surface area (Å²) in [7, 11) is 2.36. The Morgan fingerprint density at radius 3 is 2.58 bits per heavy atom. The van der Waals surface area contributed by atoms with Crippen LogP contribution in [0.2, 0.25) is 0 Å². The van der Waals surface area contributed by atoms with Gasteiger partial charge in [0.1, 0.15) is 0 Å². The van der Waals surface area contributed by atoms with Crippen LogP contribution in [0.1, 0.15) is 52.4 Å². The monoisotopic (exact) mass is 267 g/mol. The van der Waals surface area contributed by atoms with Gasteiger partial charge in [-0.25, -0.2) is 0 Å². The molecule has 3 heteroatoms. The van der Waals surface area contributed by atoms with E-state index in [1.54, 1.807) is 0 Å². The largest absolute Gasteiger partial charge is 0.330 e. The van der Waals surface area contributed by atoms with Crippen LogP contribution in [-0.4, -0.2) is 54.6 Å². The first-order valence-corrected chi connectivity index (χ1v) is 8.29. The summed E-state index contributed by atoms with van der Waals surface area (Å²) in [5.74, 6) is 0.745. The Morgan fingerprint density at radius 2 is 1.89 bits per heavy atom. The minimum atomic E-state index is 0.701. The first kappa shape index (κ1) is 15.3. The molecule has 1 saturated carbocycles. The van der Waals surface area contributed by atoms with Crippen LogP contribution in [0.4, 0.5) is 0 Å². The van der Waals surface area contributed by atoms with Crippen LogP contribution in [0.25, 0.3) is 0 Å². The molecule has 0 amide bonds. The summed E-state index contributed by atoms with van der Waals surface area (Å²) in [6.45, 7) is 8.08. The van der Waals surface area contributed by atoms with E-state index in [-0.39, 0.29) is 0 Å². The summed E-state index contributed by atoms with van der Waals surface area (Å²) < 4.78 is 0. The van der Waals surface area contributed by atoms with Crippen LogP contribution in [0, 0.1) is 5.92 Å². The minimum absolute atomic E-state index is 0.701. The van der Waals surface area contributed by atoms with Crippen molar-refractivity contribution in [1.29, 1.82) is 0 Å². The molecule has 3 nitrogen and oxygen atoms in total. The van der Waals surface area contributed by atoms with Crippen LogP contribution in [0.3, 0.4) is 0 Å². The van der Waals surface area contributed by atoms with Crippen molar-refractivity contribution in [3.05, 3.63) is 0 Å². The molecule has 0 aromatic heterocycles. The lowest BCUT2D eigenvalue weighted by atomic mass is 9.98. The van der Waals surface area contributed by atoms with E-state index in [1.165, 1.54) is 51.6 Å². The molecule has 0 spiro atoms. The highest BCUT2D eigenvalue weighted by atomic mass is 15.2. The topological polar surface area (TPSA) is 32.5 Å². The van der Waals surface area contributed by atoms with Gasteiger partial charge in [-0.3, -0.25) is 0 Å². The van der Waals surface area contributed by atoms with E-state index in [9.17, 15) is 0 Å². The van der Waals surface area contributed by atoms with Crippen molar-refractivity contribution >= 4 is 0 Å². The average molecular weight is 267 g/mol. The summed E-state index contributed by atoms with van der Waals surface area (Å²) in [6, 6.07) is 2.23. The highest BCUT2D eigenvalue weighted by Crippen LogP contribution is 2.31. The quantitative estimate of drug-likeness (QED) is 0.848. The predicted octanol–water partition coefficient (Wildman–Crippen LogP) is 2.31. The van der Waals surface area contributed by atoms with Crippen LogP contribution in [0.15, 0.2) is 0 Å². The number of rotatable bonds is 4. The zero-order valence-electron chi connectivity index (χ0n) is 13.1. The summed E-state index contributed by atoms with van der Waals surface area (Å²) in [6.07, 6.45) is 8.14. The number of hydrogen-bond donors (Lipinski definition) is 1. The van der Waals surface area contributed by atoms with Crippen molar-refractivity contribution in [2.45, 2.75) is 70.5 Å². The van der Waals surface area contributed by atoms with Gasteiger partial charge in [0.15, 0.2) is 0 Å². The third-order valence-electron chi connectivity index (χ3n) is 5.48. The maximum absolute atomic E-state index is 5.95. The molecule has 3 atom stereocenters. The van der Waals surface area contributed by atoms with E-state index in [0.29, 0.717) is 6.04 Å². The number of nitrogens with two attached hydrogens (primary N) is 1. The van der Waals surface area contributed by atoms with Gasteiger partial charge in [-0.1, -0.05) is 6.42 Å². The molecular weight excluding hydrogens is 234 g/mol. The fraction of sp³-hybridized carbons (Fsp3) is 1.00. The number of likely N-dealkylation sites (tertiary alicyclic amines) is 1. The van der Waals surface area contributed by atoms with Gasteiger partial charge in [-0.15, -0.1) is 0 Å². The van der Waals surface area contributed by atoms with Gasteiger partial charge in [0.05, 0.1) is 0 Å². The third kappa shape index (κ3) is 3.71. The fourth-order valence-electron chi connectivity index (χ4n) is 4.12. The van der Waals surface area contributed by atoms with Gasteiger partial charge in [-0.2, -0.15) is 0 Å². The second-order valence-corrected chi connectivity index (χ2v) is 6.87. The Balaban J connectivity index is 1.90. The molecule has 1 saturated heterocycles. The Hall–Kier alpha value is -0.120. The number of hydrogen-bond acceptors (Lipinski definition) is 3. The third-order valence-corrected chi connectivity index (χ3v) is 5.48. The first-order chi connectivity index (χ1) is 9.13. The van der Waals surface area contributed by atoms with E-state index >= 15 is 0 Å². The van der Waals surface area contributed by atoms with Gasteiger partial charge in [0.2, 0.25) is 0 Å². The molecule has 0 aromatic rings. The minimum Gasteiger partial charge on any atom is -0.330 e. The first-order valence-electron chi connectivity index (χ1n) is 8.29. The van der Waals surface area contributed by atoms with Gasteiger partial charge >= 0.3 is 0 Å². The molecule has 3 unspecified atom stereocenters. The van der Waals surface area contributed by atoms with E-state index in [0.717, 1.165) is 24.5 Å². The molecule has 0 radical (unpaired) electrons. The van der Waals surface area contributed by atoms with Gasteiger partial charge in [0.25, 0.3) is 0 Å². The Kier molecular flexibility index (Phi) is 5.67. The van der Waals surface area contributed by atoms with Gasteiger partial charge in [0, 0.05) is 18.1 Å². The van der Waals surface area contributed by atoms with Crippen molar-refractivity contribution in [2.24, 2.45) is 11.7 Å². The molecule has 2 aliphatic rings. The smallest absolute Gasteiger partial charge is 0.0135 e. The lowest BCUT2D eigenvalue weighted by Crippen LogP contribution is -2.44. The molecule has 2 N–H and O–H groups in total. The standard InChI is InChI=1S/C16H33N3/c1-13(2)19-10-5-7-15(9-11-19)18(3)16-8-4-6-14(16)12-17/h13-16H,4-12,17H2,1-3H3. The lowest BCUT2D eigenvalue weighted by Gasteiger charge is -2.36. The predicted molar refractivity (Wildman–Crippen MR) is 82.3 cm³/mol. The highest BCUT2D eigenvalue weighted by Gasteiger charge is 2.33. The van der Waals surface area contributed by atoms with E-state index < -0.39 is 0 Å². The van der Waals surface area contributed by atoms with Crippen LogP contribution >= 0.6 is 0 Å². The Bertz CT molecular complexity index is 267. The van der Waals surface area contributed by atoms with Crippen molar-refractivity contribution in [2.75, 3.05) is 26.7 Å². The second kappa shape index (κ2) is 7.05. The van der Waals surface area contributed by atoms with E-state index in [4.69, 9.17) is 5.73 Å². The van der Waals surface area contributed by atoms with Gasteiger partial charge in [-0.05, 0) is 78.6 Å². The zero-order chi connectivity index (χ0) is 13.8. The zero-order valence-corrected chi connectivity index (χ0v) is 13.1. The molecule has 1 aliphatic heterocycles. The maximum atomic E-state index is 5.95. The van der Waals surface area contributed by atoms with E-state index in [1.807, 2.05) is 0 Å². The summed E-state index contributed by atoms with van der Waals surface area (Å²) >= 11 is 0. The van der Waals surface area contributed by atoms with Crippen molar-refractivity contribution in [1.82, 2.24) is 9.80 Å². The molecular formula is C16H33N3. The van der Waals surface area contributed by atoms with E-state index in [2.05, 4.69) is 30.7 Å². The normalized spacial score (nSPS) is 34.1. The molecule has 2 fully saturated rings. The van der Waals surface area contributed by atoms with Crippen LogP contribution < -0.4 is 5.73 Å². The molecule has 1 aliphatic carbocycles. The Morgan fingerprint density at radius 1 is 1.11 bits per heavy atom. The highest BCUT2D eigenvalue weighted by molar-refractivity contribution is 4.89. The lowest BCUT2D eigenvalue weighted by molar-refractivity contribution is 0.128. The average Bonchev–Trinajstić information content (AvgIpc) is 2.73. The fourth-order valence-corrected chi connectivity index (χ4v) is 4.12. The van der Waals surface area contributed by atoms with Gasteiger partial charge < -0.3 is 15.5 Å². The molecule has 0 bridgehead atoms. The molecule has 19 heavy (non-hydrogen) atoms. The maximum Gasteiger partial charge on any atom is 0.0135 e. The Labute approximate surface area is 119 Å². The molecule has 112 valence electrons. The molecule has 1 heterocycles. The van der Waals surface area contributed by atoms with Crippen LogP contribution in [0.5, 0.6) is 0 Å². The molecule has 0 aromatic carbocycles. The summed E-state index contributed by atoms with van der Waals surface area (Å²) in [5.41, 5.74) is 5.95. The number of nitrogens with zero attached hydrogens (tertiary/aromatic N) is 2. The van der Waals surface area contributed by atoms with Crippen molar-refractivity contribution in [3.63, 3.8) is 0 Å². The summed E-state index contributed by atoms with van der Waals surface area (Å²) in [5, 5.41) is 0. The SMILES string of the molecule is CC(C)N1CCCC(N(C)C2CCCC2CN)CC1. The summed E-state index contributed by atoms with van der Waals surface area (Å²) in [4.78, 5) is 5.33.